The second-order valence-electron chi connectivity index (χ2n) is 6.25. The molecule has 0 aliphatic carbocycles. The van der Waals surface area contributed by atoms with Gasteiger partial charge in [0.05, 0.1) is 6.61 Å². The Morgan fingerprint density at radius 1 is 0.739 bits per heavy atom. The molecule has 5 heteroatoms. The van der Waals surface area contributed by atoms with Crippen molar-refractivity contribution in [1.82, 2.24) is 0 Å². The normalized spacial score (nSPS) is 12.3. The fourth-order valence-corrected chi connectivity index (χ4v) is 2.87. The van der Waals surface area contributed by atoms with E-state index in [1.807, 2.05) is 0 Å². The van der Waals surface area contributed by atoms with Crippen molar-refractivity contribution in [2.45, 2.75) is 96.8 Å². The van der Waals surface area contributed by atoms with Gasteiger partial charge in [-0.1, -0.05) is 76.9 Å². The highest BCUT2D eigenvalue weighted by molar-refractivity contribution is 7.84. The fourth-order valence-electron chi connectivity index (χ4n) is 2.52. The second-order valence-corrected chi connectivity index (χ2v) is 7.47. The van der Waals surface area contributed by atoms with Gasteiger partial charge in [-0.05, 0) is 32.1 Å². The standard InChI is InChI=1S/C18H37NO3S/c1-2-3-4-5-6-7-8-9-10-11-12-13-14-15-16-17-18-22-23(19,20)21/h9-10H,2-8,11-18H2,1H3,(H2,19,20,21)/b10-9-. The summed E-state index contributed by atoms with van der Waals surface area (Å²) >= 11 is 0. The largest absolute Gasteiger partial charge is 0.333 e. The maximum Gasteiger partial charge on any atom is 0.333 e. The van der Waals surface area contributed by atoms with Crippen molar-refractivity contribution in [3.63, 3.8) is 0 Å². The van der Waals surface area contributed by atoms with Gasteiger partial charge in [-0.3, -0.25) is 4.18 Å². The number of unbranched alkanes of at least 4 members (excludes halogenated alkanes) is 12. The average Bonchev–Trinajstić information content (AvgIpc) is 2.49. The molecule has 0 bridgehead atoms. The van der Waals surface area contributed by atoms with E-state index in [0.29, 0.717) is 0 Å². The van der Waals surface area contributed by atoms with Gasteiger partial charge in [0.1, 0.15) is 0 Å². The highest BCUT2D eigenvalue weighted by Gasteiger charge is 2.00. The molecule has 4 nitrogen and oxygen atoms in total. The molecule has 0 aromatic heterocycles. The lowest BCUT2D eigenvalue weighted by Gasteiger charge is -2.01. The lowest BCUT2D eigenvalue weighted by Crippen LogP contribution is -2.16. The molecule has 138 valence electrons. The fraction of sp³-hybridized carbons (Fsp3) is 0.889. The minimum Gasteiger partial charge on any atom is -0.258 e. The van der Waals surface area contributed by atoms with Crippen LogP contribution in [0.1, 0.15) is 96.8 Å². The number of nitrogens with two attached hydrogens (primary N) is 1. The highest BCUT2D eigenvalue weighted by atomic mass is 32.2. The first kappa shape index (κ1) is 22.6. The van der Waals surface area contributed by atoms with Gasteiger partial charge in [0.15, 0.2) is 0 Å². The van der Waals surface area contributed by atoms with Crippen LogP contribution in [0.25, 0.3) is 0 Å². The minimum atomic E-state index is -3.75. The molecule has 0 aromatic rings. The molecule has 0 saturated carbocycles. The summed E-state index contributed by atoms with van der Waals surface area (Å²) in [6, 6.07) is 0. The van der Waals surface area contributed by atoms with Crippen LogP contribution in [0.15, 0.2) is 12.2 Å². The Kier molecular flexibility index (Phi) is 16.2. The number of allylic oxidation sites excluding steroid dienone is 2. The molecule has 0 saturated heterocycles. The van der Waals surface area contributed by atoms with Gasteiger partial charge in [0.25, 0.3) is 0 Å². The third-order valence-electron chi connectivity index (χ3n) is 3.90. The van der Waals surface area contributed by atoms with Crippen molar-refractivity contribution in [1.29, 1.82) is 0 Å². The van der Waals surface area contributed by atoms with Crippen LogP contribution in [0.5, 0.6) is 0 Å². The van der Waals surface area contributed by atoms with Gasteiger partial charge in [-0.2, -0.15) is 8.42 Å². The molecule has 0 heterocycles. The molecular formula is C18H37NO3S. The number of rotatable bonds is 17. The maximum absolute atomic E-state index is 10.5. The van der Waals surface area contributed by atoms with E-state index in [1.165, 1.54) is 70.6 Å². The van der Waals surface area contributed by atoms with Gasteiger partial charge >= 0.3 is 10.3 Å². The third kappa shape index (κ3) is 21.6. The summed E-state index contributed by atoms with van der Waals surface area (Å²) in [5.74, 6) is 0. The Labute approximate surface area is 144 Å². The van der Waals surface area contributed by atoms with E-state index in [9.17, 15) is 8.42 Å². The first-order valence-electron chi connectivity index (χ1n) is 9.38. The van der Waals surface area contributed by atoms with Crippen LogP contribution < -0.4 is 5.14 Å². The zero-order valence-corrected chi connectivity index (χ0v) is 15.8. The Morgan fingerprint density at radius 3 is 1.65 bits per heavy atom. The maximum atomic E-state index is 10.5. The van der Waals surface area contributed by atoms with Crippen LogP contribution in [0.3, 0.4) is 0 Å². The molecule has 0 spiro atoms. The summed E-state index contributed by atoms with van der Waals surface area (Å²) in [5.41, 5.74) is 0. The van der Waals surface area contributed by atoms with E-state index < -0.39 is 10.3 Å². The Bertz CT molecular complexity index is 366. The van der Waals surface area contributed by atoms with Gasteiger partial charge < -0.3 is 0 Å². The highest BCUT2D eigenvalue weighted by Crippen LogP contribution is 2.10. The zero-order valence-electron chi connectivity index (χ0n) is 15.0. The first-order chi connectivity index (χ1) is 11.1. The van der Waals surface area contributed by atoms with Crippen LogP contribution in [0.2, 0.25) is 0 Å². The van der Waals surface area contributed by atoms with Crippen molar-refractivity contribution in [2.24, 2.45) is 5.14 Å². The third-order valence-corrected chi connectivity index (χ3v) is 4.40. The SMILES string of the molecule is CCCCCCCC/C=C\CCCCCCCCOS(N)(=O)=O. The number of hydrogen-bond acceptors (Lipinski definition) is 3. The number of hydrogen-bond donors (Lipinski definition) is 1. The molecule has 0 fully saturated rings. The van der Waals surface area contributed by atoms with Crippen molar-refractivity contribution >= 4 is 10.3 Å². The zero-order chi connectivity index (χ0) is 17.2. The monoisotopic (exact) mass is 347 g/mol. The summed E-state index contributed by atoms with van der Waals surface area (Å²) in [6.07, 6.45) is 21.9. The van der Waals surface area contributed by atoms with E-state index >= 15 is 0 Å². The molecule has 2 N–H and O–H groups in total. The predicted molar refractivity (Wildman–Crippen MR) is 98.5 cm³/mol. The van der Waals surface area contributed by atoms with Crippen LogP contribution in [-0.4, -0.2) is 15.0 Å². The predicted octanol–water partition coefficient (Wildman–Crippen LogP) is 5.24. The molecule has 0 atom stereocenters. The quantitative estimate of drug-likeness (QED) is 0.289. The molecule has 0 unspecified atom stereocenters. The van der Waals surface area contributed by atoms with Crippen molar-refractivity contribution in [3.8, 4) is 0 Å². The smallest absolute Gasteiger partial charge is 0.258 e. The van der Waals surface area contributed by atoms with Crippen molar-refractivity contribution < 1.29 is 12.6 Å². The molecule has 0 aromatic carbocycles. The summed E-state index contributed by atoms with van der Waals surface area (Å²) in [7, 11) is -3.75. The first-order valence-corrected chi connectivity index (χ1v) is 10.9. The molecule has 23 heavy (non-hydrogen) atoms. The average molecular weight is 348 g/mol. The van der Waals surface area contributed by atoms with E-state index in [0.717, 1.165) is 19.3 Å². The molecular weight excluding hydrogens is 310 g/mol. The lowest BCUT2D eigenvalue weighted by atomic mass is 10.1. The van der Waals surface area contributed by atoms with Crippen LogP contribution >= 0.6 is 0 Å². The van der Waals surface area contributed by atoms with E-state index in [4.69, 9.17) is 5.14 Å². The van der Waals surface area contributed by atoms with Crippen LogP contribution in [-0.2, 0) is 14.5 Å². The van der Waals surface area contributed by atoms with Gasteiger partial charge in [0.2, 0.25) is 0 Å². The summed E-state index contributed by atoms with van der Waals surface area (Å²) in [5, 5.41) is 4.75. The second kappa shape index (κ2) is 16.5. The Balaban J connectivity index is 3.13. The van der Waals surface area contributed by atoms with Crippen molar-refractivity contribution in [3.05, 3.63) is 12.2 Å². The summed E-state index contributed by atoms with van der Waals surface area (Å²) in [6.45, 7) is 2.46. The minimum absolute atomic E-state index is 0.208. The van der Waals surface area contributed by atoms with Crippen LogP contribution in [0.4, 0.5) is 0 Å². The van der Waals surface area contributed by atoms with Gasteiger partial charge in [0, 0.05) is 0 Å². The van der Waals surface area contributed by atoms with Gasteiger partial charge in [-0.25, -0.2) is 5.14 Å². The molecule has 0 rings (SSSR count). The molecule has 0 aliphatic rings. The molecule has 0 amide bonds. The van der Waals surface area contributed by atoms with Gasteiger partial charge in [-0.15, -0.1) is 0 Å². The molecule has 0 aliphatic heterocycles. The van der Waals surface area contributed by atoms with Crippen molar-refractivity contribution in [2.75, 3.05) is 6.61 Å². The van der Waals surface area contributed by atoms with Crippen LogP contribution in [0, 0.1) is 0 Å². The van der Waals surface area contributed by atoms with E-state index in [2.05, 4.69) is 23.3 Å². The Morgan fingerprint density at radius 2 is 1.17 bits per heavy atom. The lowest BCUT2D eigenvalue weighted by molar-refractivity contribution is 0.307. The Hall–Kier alpha value is -0.390. The topological polar surface area (TPSA) is 69.4 Å². The van der Waals surface area contributed by atoms with E-state index in [1.54, 1.807) is 0 Å². The van der Waals surface area contributed by atoms with E-state index in [-0.39, 0.29) is 6.61 Å². The molecule has 0 radical (unpaired) electrons. The summed E-state index contributed by atoms with van der Waals surface area (Å²) in [4.78, 5) is 0. The summed E-state index contributed by atoms with van der Waals surface area (Å²) < 4.78 is 25.6.